The van der Waals surface area contributed by atoms with Crippen molar-refractivity contribution >= 4 is 11.6 Å². The summed E-state index contributed by atoms with van der Waals surface area (Å²) < 4.78 is 28.9. The van der Waals surface area contributed by atoms with E-state index in [1.165, 1.54) is 0 Å². The van der Waals surface area contributed by atoms with Gasteiger partial charge in [0, 0.05) is 30.8 Å². The summed E-state index contributed by atoms with van der Waals surface area (Å²) in [5.41, 5.74) is 7.91. The van der Waals surface area contributed by atoms with Crippen molar-refractivity contribution in [2.75, 3.05) is 0 Å². The standard InChI is InChI=1S/C14H16ClF2N3/c1-3-8-4-9(20(2)19-8)5-14(18)10-6-13(17)11(15)7-12(10)16/h4,6-7,14H,3,5,18H2,1-2H3. The lowest BCUT2D eigenvalue weighted by atomic mass is 10.0. The van der Waals surface area contributed by atoms with Crippen molar-refractivity contribution in [3.63, 3.8) is 0 Å². The molecule has 108 valence electrons. The number of hydrogen-bond acceptors (Lipinski definition) is 2. The highest BCUT2D eigenvalue weighted by atomic mass is 35.5. The van der Waals surface area contributed by atoms with E-state index in [1.807, 2.05) is 13.0 Å². The highest BCUT2D eigenvalue weighted by molar-refractivity contribution is 6.30. The van der Waals surface area contributed by atoms with Crippen molar-refractivity contribution in [1.82, 2.24) is 9.78 Å². The molecule has 1 unspecified atom stereocenters. The van der Waals surface area contributed by atoms with Crippen LogP contribution < -0.4 is 5.73 Å². The second-order valence-electron chi connectivity index (χ2n) is 4.70. The Bertz CT molecular complexity index is 625. The average Bonchev–Trinajstić information content (AvgIpc) is 2.74. The van der Waals surface area contributed by atoms with Crippen LogP contribution >= 0.6 is 11.6 Å². The Morgan fingerprint density at radius 1 is 1.30 bits per heavy atom. The smallest absolute Gasteiger partial charge is 0.142 e. The van der Waals surface area contributed by atoms with E-state index in [0.717, 1.165) is 29.9 Å². The lowest BCUT2D eigenvalue weighted by Crippen LogP contribution is -2.17. The van der Waals surface area contributed by atoms with Gasteiger partial charge in [-0.05, 0) is 24.6 Å². The molecule has 0 saturated heterocycles. The molecule has 0 aliphatic carbocycles. The Hall–Kier alpha value is -1.46. The van der Waals surface area contributed by atoms with Gasteiger partial charge in [0.1, 0.15) is 11.6 Å². The second kappa shape index (κ2) is 5.89. The average molecular weight is 300 g/mol. The fourth-order valence-corrected chi connectivity index (χ4v) is 2.24. The van der Waals surface area contributed by atoms with Gasteiger partial charge in [0.05, 0.1) is 10.7 Å². The lowest BCUT2D eigenvalue weighted by molar-refractivity contribution is 0.553. The van der Waals surface area contributed by atoms with Crippen molar-refractivity contribution < 1.29 is 8.78 Å². The number of hydrogen-bond donors (Lipinski definition) is 1. The fraction of sp³-hybridized carbons (Fsp3) is 0.357. The first-order chi connectivity index (χ1) is 9.42. The summed E-state index contributed by atoms with van der Waals surface area (Å²) in [4.78, 5) is 0. The van der Waals surface area contributed by atoms with Crippen LogP contribution in [0.3, 0.4) is 0 Å². The summed E-state index contributed by atoms with van der Waals surface area (Å²) in [6, 6.07) is 3.28. The van der Waals surface area contributed by atoms with Crippen molar-refractivity contribution in [3.8, 4) is 0 Å². The van der Waals surface area contributed by atoms with E-state index in [0.29, 0.717) is 6.42 Å². The molecule has 1 aromatic heterocycles. The first kappa shape index (κ1) is 14.9. The van der Waals surface area contributed by atoms with E-state index in [1.54, 1.807) is 11.7 Å². The minimum atomic E-state index is -0.669. The van der Waals surface area contributed by atoms with E-state index >= 15 is 0 Å². The van der Waals surface area contributed by atoms with E-state index in [4.69, 9.17) is 17.3 Å². The third kappa shape index (κ3) is 2.99. The van der Waals surface area contributed by atoms with Gasteiger partial charge >= 0.3 is 0 Å². The van der Waals surface area contributed by atoms with Crippen molar-refractivity contribution in [3.05, 3.63) is 51.8 Å². The number of benzene rings is 1. The van der Waals surface area contributed by atoms with Crippen molar-refractivity contribution in [2.24, 2.45) is 12.8 Å². The van der Waals surface area contributed by atoms with Gasteiger partial charge in [0.25, 0.3) is 0 Å². The van der Waals surface area contributed by atoms with E-state index < -0.39 is 17.7 Å². The zero-order valence-corrected chi connectivity index (χ0v) is 12.1. The first-order valence-corrected chi connectivity index (χ1v) is 6.72. The number of nitrogens with two attached hydrogens (primary N) is 1. The Morgan fingerprint density at radius 2 is 2.00 bits per heavy atom. The largest absolute Gasteiger partial charge is 0.324 e. The van der Waals surface area contributed by atoms with Crippen molar-refractivity contribution in [2.45, 2.75) is 25.8 Å². The van der Waals surface area contributed by atoms with Gasteiger partial charge in [0.2, 0.25) is 0 Å². The number of aromatic nitrogens is 2. The van der Waals surface area contributed by atoms with Crippen molar-refractivity contribution in [1.29, 1.82) is 0 Å². The van der Waals surface area contributed by atoms with Crippen LogP contribution in [-0.2, 0) is 19.9 Å². The molecule has 0 saturated carbocycles. The van der Waals surface area contributed by atoms with E-state index in [-0.39, 0.29) is 10.6 Å². The van der Waals surface area contributed by atoms with E-state index in [2.05, 4.69) is 5.10 Å². The molecular weight excluding hydrogens is 284 g/mol. The molecule has 0 aliphatic rings. The zero-order valence-electron chi connectivity index (χ0n) is 11.3. The normalized spacial score (nSPS) is 12.7. The van der Waals surface area contributed by atoms with Crippen LogP contribution in [0.1, 0.15) is 29.9 Å². The van der Waals surface area contributed by atoms with Gasteiger partial charge in [-0.2, -0.15) is 5.10 Å². The molecular formula is C14H16ClF2N3. The Morgan fingerprint density at radius 3 is 2.60 bits per heavy atom. The summed E-state index contributed by atoms with van der Waals surface area (Å²) >= 11 is 5.53. The summed E-state index contributed by atoms with van der Waals surface area (Å²) in [5, 5.41) is 4.06. The van der Waals surface area contributed by atoms with Gasteiger partial charge in [-0.1, -0.05) is 18.5 Å². The van der Waals surface area contributed by atoms with Gasteiger partial charge in [0.15, 0.2) is 0 Å². The third-order valence-electron chi connectivity index (χ3n) is 3.26. The molecule has 2 N–H and O–H groups in total. The van der Waals surface area contributed by atoms with Crippen LogP contribution in [0.15, 0.2) is 18.2 Å². The quantitative estimate of drug-likeness (QED) is 0.881. The molecule has 1 aromatic carbocycles. The Kier molecular flexibility index (Phi) is 4.40. The van der Waals surface area contributed by atoms with Crippen LogP contribution in [0.4, 0.5) is 8.78 Å². The summed E-state index contributed by atoms with van der Waals surface area (Å²) in [6.45, 7) is 2.00. The molecule has 2 aromatic rings. The molecule has 3 nitrogen and oxygen atoms in total. The predicted molar refractivity (Wildman–Crippen MR) is 74.6 cm³/mol. The Balaban J connectivity index is 2.25. The number of rotatable bonds is 4. The van der Waals surface area contributed by atoms with Gasteiger partial charge < -0.3 is 5.73 Å². The molecule has 1 heterocycles. The van der Waals surface area contributed by atoms with Crippen LogP contribution in [0.2, 0.25) is 5.02 Å². The summed E-state index contributed by atoms with van der Waals surface area (Å²) in [6.07, 6.45) is 1.19. The number of halogens is 3. The van der Waals surface area contributed by atoms with Crippen LogP contribution in [0.25, 0.3) is 0 Å². The minimum absolute atomic E-state index is 0.117. The minimum Gasteiger partial charge on any atom is -0.324 e. The molecule has 0 aliphatic heterocycles. The predicted octanol–water partition coefficient (Wildman–Crippen LogP) is 3.16. The van der Waals surface area contributed by atoms with Gasteiger partial charge in [-0.25, -0.2) is 8.78 Å². The van der Waals surface area contributed by atoms with Crippen LogP contribution in [0, 0.1) is 11.6 Å². The highest BCUT2D eigenvalue weighted by Crippen LogP contribution is 2.25. The zero-order chi connectivity index (χ0) is 14.9. The highest BCUT2D eigenvalue weighted by Gasteiger charge is 2.17. The molecule has 20 heavy (non-hydrogen) atoms. The summed E-state index contributed by atoms with van der Waals surface area (Å²) in [7, 11) is 1.81. The molecule has 0 bridgehead atoms. The number of aryl methyl sites for hydroxylation is 2. The Labute approximate surface area is 121 Å². The summed E-state index contributed by atoms with van der Waals surface area (Å²) in [5.74, 6) is -1.26. The van der Waals surface area contributed by atoms with Crippen LogP contribution in [-0.4, -0.2) is 9.78 Å². The van der Waals surface area contributed by atoms with Gasteiger partial charge in [-0.3, -0.25) is 4.68 Å². The fourth-order valence-electron chi connectivity index (χ4n) is 2.09. The number of nitrogens with zero attached hydrogens (tertiary/aromatic N) is 2. The lowest BCUT2D eigenvalue weighted by Gasteiger charge is -2.13. The second-order valence-corrected chi connectivity index (χ2v) is 5.11. The SMILES string of the molecule is CCc1cc(CC(N)c2cc(F)c(Cl)cc2F)n(C)n1. The molecule has 0 spiro atoms. The maximum absolute atomic E-state index is 13.8. The molecule has 0 fully saturated rings. The molecule has 6 heteroatoms. The first-order valence-electron chi connectivity index (χ1n) is 6.34. The molecule has 2 rings (SSSR count). The third-order valence-corrected chi connectivity index (χ3v) is 3.55. The topological polar surface area (TPSA) is 43.8 Å². The molecule has 0 radical (unpaired) electrons. The van der Waals surface area contributed by atoms with E-state index in [9.17, 15) is 8.78 Å². The van der Waals surface area contributed by atoms with Crippen LogP contribution in [0.5, 0.6) is 0 Å². The maximum Gasteiger partial charge on any atom is 0.142 e. The van der Waals surface area contributed by atoms with Gasteiger partial charge in [-0.15, -0.1) is 0 Å². The molecule has 1 atom stereocenters. The molecule has 0 amide bonds. The monoisotopic (exact) mass is 299 g/mol. The maximum atomic E-state index is 13.8.